The molecule has 0 saturated carbocycles. The molecule has 2 N–H and O–H groups in total. The minimum atomic E-state index is -0.134. The topological polar surface area (TPSA) is 64.7 Å². The maximum absolute atomic E-state index is 12.3. The number of piperazine rings is 1. The third-order valence-corrected chi connectivity index (χ3v) is 5.15. The van der Waals surface area contributed by atoms with Crippen LogP contribution in [-0.4, -0.2) is 56.0 Å². The molecule has 2 aromatic rings. The lowest BCUT2D eigenvalue weighted by Gasteiger charge is -2.36. The summed E-state index contributed by atoms with van der Waals surface area (Å²) in [6.07, 6.45) is 1.20. The fourth-order valence-electron chi connectivity index (χ4n) is 3.62. The second kappa shape index (κ2) is 10.6. The van der Waals surface area contributed by atoms with E-state index in [0.717, 1.165) is 44.7 Å². The Kier molecular flexibility index (Phi) is 7.64. The molecule has 6 heteroatoms. The first-order valence-corrected chi connectivity index (χ1v) is 10.3. The second-order valence-corrected chi connectivity index (χ2v) is 7.38. The predicted octanol–water partition coefficient (Wildman–Crippen LogP) is 2.52. The largest absolute Gasteiger partial charge is 0.369 e. The van der Waals surface area contributed by atoms with E-state index in [1.54, 1.807) is 0 Å². The Morgan fingerprint density at radius 2 is 1.62 bits per heavy atom. The number of hydrogen-bond donors (Lipinski definition) is 2. The molecule has 154 valence electrons. The fraction of sp³-hybridized carbons (Fsp3) is 0.391. The monoisotopic (exact) mass is 394 g/mol. The molecule has 1 fully saturated rings. The first kappa shape index (κ1) is 20.9. The third kappa shape index (κ3) is 6.61. The van der Waals surface area contributed by atoms with Gasteiger partial charge in [-0.1, -0.05) is 36.4 Å². The number of rotatable bonds is 8. The molecule has 0 bridgehead atoms. The first-order chi connectivity index (χ1) is 14.1. The van der Waals surface area contributed by atoms with Crippen LogP contribution in [0.25, 0.3) is 0 Å². The third-order valence-electron chi connectivity index (χ3n) is 5.15. The van der Waals surface area contributed by atoms with E-state index < -0.39 is 0 Å². The van der Waals surface area contributed by atoms with Crippen LogP contribution in [-0.2, 0) is 16.0 Å². The van der Waals surface area contributed by atoms with Crippen LogP contribution in [0.3, 0.4) is 0 Å². The quantitative estimate of drug-likeness (QED) is 0.676. The molecule has 0 aromatic heterocycles. The van der Waals surface area contributed by atoms with Crippen LogP contribution in [0.5, 0.6) is 0 Å². The molecule has 29 heavy (non-hydrogen) atoms. The average Bonchev–Trinajstić information content (AvgIpc) is 2.73. The van der Waals surface area contributed by atoms with Gasteiger partial charge >= 0.3 is 0 Å². The Balaban J connectivity index is 1.34. The van der Waals surface area contributed by atoms with E-state index in [-0.39, 0.29) is 18.2 Å². The molecule has 0 aliphatic carbocycles. The molecular weight excluding hydrogens is 364 g/mol. The highest BCUT2D eigenvalue weighted by Crippen LogP contribution is 2.16. The predicted molar refractivity (Wildman–Crippen MR) is 117 cm³/mol. The number of benzene rings is 2. The van der Waals surface area contributed by atoms with Gasteiger partial charge in [-0.2, -0.15) is 0 Å². The van der Waals surface area contributed by atoms with Gasteiger partial charge in [-0.05, 0) is 36.7 Å². The second-order valence-electron chi connectivity index (χ2n) is 7.38. The van der Waals surface area contributed by atoms with Crippen molar-refractivity contribution in [3.63, 3.8) is 0 Å². The van der Waals surface area contributed by atoms with E-state index in [1.807, 2.05) is 30.3 Å². The number of amides is 2. The molecule has 0 unspecified atom stereocenters. The molecule has 1 aliphatic heterocycles. The summed E-state index contributed by atoms with van der Waals surface area (Å²) in [5, 5.41) is 5.77. The van der Waals surface area contributed by atoms with E-state index in [9.17, 15) is 9.59 Å². The molecule has 2 aromatic carbocycles. The van der Waals surface area contributed by atoms with Gasteiger partial charge in [0.2, 0.25) is 11.8 Å². The summed E-state index contributed by atoms with van der Waals surface area (Å²) in [4.78, 5) is 28.4. The summed E-state index contributed by atoms with van der Waals surface area (Å²) in [6, 6.07) is 18.0. The zero-order valence-corrected chi connectivity index (χ0v) is 17.1. The van der Waals surface area contributed by atoms with Crippen molar-refractivity contribution in [1.29, 1.82) is 0 Å². The lowest BCUT2D eigenvalue weighted by atomic mass is 10.1. The summed E-state index contributed by atoms with van der Waals surface area (Å²) in [5.41, 5.74) is 2.82. The van der Waals surface area contributed by atoms with Gasteiger partial charge in [-0.25, -0.2) is 0 Å². The molecule has 0 spiro atoms. The molecular formula is C23H30N4O2. The van der Waals surface area contributed by atoms with Gasteiger partial charge < -0.3 is 15.5 Å². The summed E-state index contributed by atoms with van der Waals surface area (Å²) >= 11 is 0. The van der Waals surface area contributed by atoms with Crippen LogP contribution < -0.4 is 15.5 Å². The first-order valence-electron chi connectivity index (χ1n) is 10.3. The van der Waals surface area contributed by atoms with Gasteiger partial charge in [0.05, 0.1) is 6.42 Å². The molecule has 0 radical (unpaired) electrons. The normalized spacial score (nSPS) is 14.4. The van der Waals surface area contributed by atoms with Crippen molar-refractivity contribution < 1.29 is 9.59 Å². The van der Waals surface area contributed by atoms with E-state index in [2.05, 4.69) is 44.7 Å². The van der Waals surface area contributed by atoms with Crippen LogP contribution in [0.1, 0.15) is 18.9 Å². The van der Waals surface area contributed by atoms with Gasteiger partial charge in [0.25, 0.3) is 0 Å². The van der Waals surface area contributed by atoms with Crippen LogP contribution >= 0.6 is 0 Å². The Bertz CT molecular complexity index is 802. The maximum atomic E-state index is 12.3. The zero-order valence-electron chi connectivity index (χ0n) is 17.1. The van der Waals surface area contributed by atoms with E-state index >= 15 is 0 Å². The SMILES string of the molecule is CC(=O)Nc1ccccc1CC(=O)NCCCN1CCN(c2ccccc2)CC1. The van der Waals surface area contributed by atoms with E-state index in [0.29, 0.717) is 12.2 Å². The standard InChI is InChI=1S/C23H30N4O2/c1-19(28)25-22-11-6-5-8-20(22)18-23(29)24-12-7-13-26-14-16-27(17-15-26)21-9-3-2-4-10-21/h2-6,8-11H,7,12-18H2,1H3,(H,24,29)(H,25,28). The summed E-state index contributed by atoms with van der Waals surface area (Å²) in [7, 11) is 0. The van der Waals surface area contributed by atoms with Crippen LogP contribution in [0.2, 0.25) is 0 Å². The molecule has 3 rings (SSSR count). The smallest absolute Gasteiger partial charge is 0.224 e. The number of nitrogens with zero attached hydrogens (tertiary/aromatic N) is 2. The van der Waals surface area contributed by atoms with E-state index in [1.165, 1.54) is 12.6 Å². The van der Waals surface area contributed by atoms with Crippen molar-refractivity contribution in [2.24, 2.45) is 0 Å². The highest BCUT2D eigenvalue weighted by molar-refractivity contribution is 5.91. The highest BCUT2D eigenvalue weighted by atomic mass is 16.2. The maximum Gasteiger partial charge on any atom is 0.224 e. The van der Waals surface area contributed by atoms with Crippen molar-refractivity contribution in [1.82, 2.24) is 10.2 Å². The molecule has 6 nitrogen and oxygen atoms in total. The van der Waals surface area contributed by atoms with Gasteiger partial charge in [-0.15, -0.1) is 0 Å². The van der Waals surface area contributed by atoms with E-state index in [4.69, 9.17) is 0 Å². The van der Waals surface area contributed by atoms with Crippen molar-refractivity contribution in [3.05, 3.63) is 60.2 Å². The number of carbonyl (C=O) groups excluding carboxylic acids is 2. The number of para-hydroxylation sites is 2. The van der Waals surface area contributed by atoms with Crippen LogP contribution in [0.15, 0.2) is 54.6 Å². The van der Waals surface area contributed by atoms with Crippen molar-refractivity contribution >= 4 is 23.2 Å². The number of anilines is 2. The number of carbonyl (C=O) groups is 2. The number of hydrogen-bond acceptors (Lipinski definition) is 4. The molecule has 1 heterocycles. The Morgan fingerprint density at radius 1 is 0.931 bits per heavy atom. The lowest BCUT2D eigenvalue weighted by Crippen LogP contribution is -2.47. The van der Waals surface area contributed by atoms with Crippen molar-refractivity contribution in [2.75, 3.05) is 49.5 Å². The highest BCUT2D eigenvalue weighted by Gasteiger charge is 2.16. The summed E-state index contributed by atoms with van der Waals surface area (Å²) < 4.78 is 0. The Hall–Kier alpha value is -2.86. The molecule has 2 amide bonds. The number of nitrogens with one attached hydrogen (secondary N) is 2. The van der Waals surface area contributed by atoms with Gasteiger partial charge in [0.1, 0.15) is 0 Å². The van der Waals surface area contributed by atoms with Gasteiger partial charge in [0, 0.05) is 51.0 Å². The summed E-state index contributed by atoms with van der Waals surface area (Å²) in [6.45, 7) is 7.30. The summed E-state index contributed by atoms with van der Waals surface area (Å²) in [5.74, 6) is -0.151. The van der Waals surface area contributed by atoms with Gasteiger partial charge in [0.15, 0.2) is 0 Å². The fourth-order valence-corrected chi connectivity index (χ4v) is 3.62. The van der Waals surface area contributed by atoms with Crippen LogP contribution in [0, 0.1) is 0 Å². The van der Waals surface area contributed by atoms with Gasteiger partial charge in [-0.3, -0.25) is 14.5 Å². The zero-order chi connectivity index (χ0) is 20.5. The van der Waals surface area contributed by atoms with Crippen molar-refractivity contribution in [2.45, 2.75) is 19.8 Å². The van der Waals surface area contributed by atoms with Crippen molar-refractivity contribution in [3.8, 4) is 0 Å². The minimum Gasteiger partial charge on any atom is -0.369 e. The average molecular weight is 395 g/mol. The molecule has 1 aliphatic rings. The Labute approximate surface area is 172 Å². The van der Waals surface area contributed by atoms with Crippen LogP contribution in [0.4, 0.5) is 11.4 Å². The minimum absolute atomic E-state index is 0.0169. The lowest BCUT2D eigenvalue weighted by molar-refractivity contribution is -0.120. The Morgan fingerprint density at radius 3 is 2.34 bits per heavy atom. The molecule has 0 atom stereocenters. The molecule has 1 saturated heterocycles.